The van der Waals surface area contributed by atoms with Crippen molar-refractivity contribution < 1.29 is 9.53 Å². The van der Waals surface area contributed by atoms with Gasteiger partial charge in [-0.3, -0.25) is 4.79 Å². The van der Waals surface area contributed by atoms with Gasteiger partial charge < -0.3 is 10.5 Å². The van der Waals surface area contributed by atoms with E-state index in [1.807, 2.05) is 37.3 Å². The molecule has 1 aromatic carbocycles. The van der Waals surface area contributed by atoms with Gasteiger partial charge in [-0.25, -0.2) is 0 Å². The average Bonchev–Trinajstić information content (AvgIpc) is 2.39. The van der Waals surface area contributed by atoms with Gasteiger partial charge in [0.05, 0.1) is 6.42 Å². The second kappa shape index (κ2) is 6.20. The molecule has 0 aromatic heterocycles. The number of carbonyl (C=O) groups is 1. The Morgan fingerprint density at radius 3 is 2.53 bits per heavy atom. The maximum atomic E-state index is 12.0. The fourth-order valence-electron chi connectivity index (χ4n) is 2.75. The number of benzene rings is 1. The molecule has 104 valence electrons. The highest BCUT2D eigenvalue weighted by molar-refractivity contribution is 5.71. The molecule has 1 saturated carbocycles. The van der Waals surface area contributed by atoms with E-state index in [9.17, 15) is 4.79 Å². The third-order valence-electron chi connectivity index (χ3n) is 3.92. The molecule has 2 rings (SSSR count). The quantitative estimate of drug-likeness (QED) is 0.846. The monoisotopic (exact) mass is 261 g/mol. The predicted octanol–water partition coefficient (Wildman–Crippen LogP) is 3.34. The van der Waals surface area contributed by atoms with Crippen molar-refractivity contribution in [1.82, 2.24) is 0 Å². The van der Waals surface area contributed by atoms with Gasteiger partial charge in [-0.15, -0.1) is 0 Å². The van der Waals surface area contributed by atoms with E-state index in [0.29, 0.717) is 6.42 Å². The minimum atomic E-state index is -0.342. The normalized spacial score (nSPS) is 19.7. The Balaban J connectivity index is 1.87. The lowest BCUT2D eigenvalue weighted by atomic mass is 9.80. The van der Waals surface area contributed by atoms with Crippen molar-refractivity contribution in [1.29, 1.82) is 0 Å². The summed E-state index contributed by atoms with van der Waals surface area (Å²) in [5.74, 6) is -0.180. The maximum Gasteiger partial charge on any atom is 0.308 e. The van der Waals surface area contributed by atoms with Crippen molar-refractivity contribution in [3.8, 4) is 0 Å². The standard InChI is InChI=1S/C16H23NO2/c1-13(14-8-4-2-5-9-14)19-15(18)12-16(17)10-6-3-7-11-16/h2,4-5,8-9,13H,3,6-7,10-12,17H2,1H3. The first-order valence-electron chi connectivity index (χ1n) is 7.12. The number of nitrogens with two attached hydrogens (primary N) is 1. The number of carbonyl (C=O) groups excluding carboxylic acids is 1. The van der Waals surface area contributed by atoms with Gasteiger partial charge in [0.2, 0.25) is 0 Å². The van der Waals surface area contributed by atoms with Crippen molar-refractivity contribution in [3.05, 3.63) is 35.9 Å². The molecule has 1 aromatic rings. The number of hydrogen-bond acceptors (Lipinski definition) is 3. The molecule has 3 nitrogen and oxygen atoms in total. The second-order valence-corrected chi connectivity index (χ2v) is 5.64. The van der Waals surface area contributed by atoms with Crippen LogP contribution in [0.3, 0.4) is 0 Å². The summed E-state index contributed by atoms with van der Waals surface area (Å²) in [5, 5.41) is 0. The van der Waals surface area contributed by atoms with Gasteiger partial charge in [0.25, 0.3) is 0 Å². The largest absolute Gasteiger partial charge is 0.458 e. The van der Waals surface area contributed by atoms with E-state index < -0.39 is 0 Å². The maximum absolute atomic E-state index is 12.0. The zero-order chi connectivity index (χ0) is 13.7. The van der Waals surface area contributed by atoms with Crippen LogP contribution in [0.1, 0.15) is 57.1 Å². The summed E-state index contributed by atoms with van der Waals surface area (Å²) >= 11 is 0. The summed E-state index contributed by atoms with van der Waals surface area (Å²) in [4.78, 5) is 12.0. The first kappa shape index (κ1) is 14.1. The Morgan fingerprint density at radius 2 is 1.89 bits per heavy atom. The van der Waals surface area contributed by atoms with E-state index in [0.717, 1.165) is 31.2 Å². The lowest BCUT2D eigenvalue weighted by Crippen LogP contribution is -2.44. The van der Waals surface area contributed by atoms with Crippen LogP contribution in [-0.2, 0) is 9.53 Å². The summed E-state index contributed by atoms with van der Waals surface area (Å²) in [7, 11) is 0. The predicted molar refractivity (Wildman–Crippen MR) is 75.6 cm³/mol. The minimum Gasteiger partial charge on any atom is -0.458 e. The van der Waals surface area contributed by atoms with E-state index in [-0.39, 0.29) is 17.6 Å². The van der Waals surface area contributed by atoms with Crippen LogP contribution in [0.5, 0.6) is 0 Å². The third-order valence-corrected chi connectivity index (χ3v) is 3.92. The Bertz CT molecular complexity index is 410. The van der Waals surface area contributed by atoms with E-state index in [4.69, 9.17) is 10.5 Å². The Hall–Kier alpha value is -1.35. The zero-order valence-electron chi connectivity index (χ0n) is 11.6. The lowest BCUT2D eigenvalue weighted by Gasteiger charge is -2.32. The molecule has 1 atom stereocenters. The number of esters is 1. The number of ether oxygens (including phenoxy) is 1. The lowest BCUT2D eigenvalue weighted by molar-refractivity contribution is -0.150. The van der Waals surface area contributed by atoms with Crippen LogP contribution in [-0.4, -0.2) is 11.5 Å². The Morgan fingerprint density at radius 1 is 1.26 bits per heavy atom. The topological polar surface area (TPSA) is 52.3 Å². The van der Waals surface area contributed by atoms with Crippen molar-refractivity contribution in [2.75, 3.05) is 0 Å². The van der Waals surface area contributed by atoms with Crippen molar-refractivity contribution in [2.24, 2.45) is 5.73 Å². The summed E-state index contributed by atoms with van der Waals surface area (Å²) in [5.41, 5.74) is 6.95. The van der Waals surface area contributed by atoms with Gasteiger partial charge in [0.15, 0.2) is 0 Å². The molecular weight excluding hydrogens is 238 g/mol. The first-order chi connectivity index (χ1) is 9.09. The van der Waals surface area contributed by atoms with Crippen LogP contribution >= 0.6 is 0 Å². The van der Waals surface area contributed by atoms with Gasteiger partial charge in [0.1, 0.15) is 6.10 Å². The van der Waals surface area contributed by atoms with Gasteiger partial charge in [-0.05, 0) is 25.3 Å². The number of rotatable bonds is 4. The van der Waals surface area contributed by atoms with Crippen LogP contribution in [0.15, 0.2) is 30.3 Å². The first-order valence-corrected chi connectivity index (χ1v) is 7.12. The number of hydrogen-bond donors (Lipinski definition) is 1. The molecule has 2 N–H and O–H groups in total. The molecule has 0 saturated heterocycles. The summed E-state index contributed by atoms with van der Waals surface area (Å²) in [6.07, 6.45) is 5.47. The highest BCUT2D eigenvalue weighted by atomic mass is 16.5. The average molecular weight is 261 g/mol. The van der Waals surface area contributed by atoms with E-state index in [1.165, 1.54) is 6.42 Å². The van der Waals surface area contributed by atoms with Crippen LogP contribution in [0.2, 0.25) is 0 Å². The second-order valence-electron chi connectivity index (χ2n) is 5.64. The van der Waals surface area contributed by atoms with Crippen LogP contribution < -0.4 is 5.73 Å². The molecule has 3 heteroatoms. The molecule has 0 aliphatic heterocycles. The molecule has 1 aliphatic carbocycles. The molecule has 19 heavy (non-hydrogen) atoms. The fraction of sp³-hybridized carbons (Fsp3) is 0.562. The Kier molecular flexibility index (Phi) is 4.59. The molecule has 0 bridgehead atoms. The molecule has 1 aliphatic rings. The van der Waals surface area contributed by atoms with E-state index in [1.54, 1.807) is 0 Å². The van der Waals surface area contributed by atoms with Crippen molar-refractivity contribution >= 4 is 5.97 Å². The van der Waals surface area contributed by atoms with E-state index in [2.05, 4.69) is 0 Å². The zero-order valence-corrected chi connectivity index (χ0v) is 11.6. The van der Waals surface area contributed by atoms with Crippen molar-refractivity contribution in [2.45, 2.75) is 57.1 Å². The fourth-order valence-corrected chi connectivity index (χ4v) is 2.75. The summed E-state index contributed by atoms with van der Waals surface area (Å²) in [6.45, 7) is 1.90. The van der Waals surface area contributed by atoms with E-state index >= 15 is 0 Å². The molecule has 1 fully saturated rings. The third kappa shape index (κ3) is 4.06. The Labute approximate surface area is 115 Å². The molecule has 0 heterocycles. The van der Waals surface area contributed by atoms with Crippen molar-refractivity contribution in [3.63, 3.8) is 0 Å². The smallest absolute Gasteiger partial charge is 0.308 e. The molecule has 0 spiro atoms. The highest BCUT2D eigenvalue weighted by Gasteiger charge is 2.31. The van der Waals surface area contributed by atoms with Gasteiger partial charge in [0, 0.05) is 5.54 Å². The summed E-state index contributed by atoms with van der Waals surface area (Å²) in [6, 6.07) is 9.79. The molecular formula is C16H23NO2. The van der Waals surface area contributed by atoms with Gasteiger partial charge >= 0.3 is 5.97 Å². The van der Waals surface area contributed by atoms with Crippen LogP contribution in [0.25, 0.3) is 0 Å². The van der Waals surface area contributed by atoms with Gasteiger partial charge in [-0.2, -0.15) is 0 Å². The SMILES string of the molecule is CC(OC(=O)CC1(N)CCCCC1)c1ccccc1. The highest BCUT2D eigenvalue weighted by Crippen LogP contribution is 2.29. The van der Waals surface area contributed by atoms with Crippen LogP contribution in [0, 0.1) is 0 Å². The molecule has 0 amide bonds. The van der Waals surface area contributed by atoms with Gasteiger partial charge in [-0.1, -0.05) is 49.6 Å². The molecule has 1 unspecified atom stereocenters. The van der Waals surface area contributed by atoms with Crippen LogP contribution in [0.4, 0.5) is 0 Å². The molecule has 0 radical (unpaired) electrons. The minimum absolute atomic E-state index is 0.180. The summed E-state index contributed by atoms with van der Waals surface area (Å²) < 4.78 is 5.49.